The summed E-state index contributed by atoms with van der Waals surface area (Å²) in [6.07, 6.45) is 3.10. The molecule has 3 rings (SSSR count). The zero-order valence-electron chi connectivity index (χ0n) is 15.2. The van der Waals surface area contributed by atoms with Crippen LogP contribution in [-0.4, -0.2) is 34.5 Å². The third-order valence-corrected chi connectivity index (χ3v) is 4.98. The van der Waals surface area contributed by atoms with Crippen LogP contribution >= 0.6 is 22.6 Å². The van der Waals surface area contributed by atoms with Crippen LogP contribution in [0.2, 0.25) is 0 Å². The summed E-state index contributed by atoms with van der Waals surface area (Å²) in [7, 11) is 0. The van der Waals surface area contributed by atoms with Crippen molar-refractivity contribution in [1.82, 2.24) is 10.2 Å². The van der Waals surface area contributed by atoms with Gasteiger partial charge in [-0.3, -0.25) is 9.69 Å². The molecule has 2 aromatic rings. The van der Waals surface area contributed by atoms with Crippen molar-refractivity contribution in [3.05, 3.63) is 81.1 Å². The summed E-state index contributed by atoms with van der Waals surface area (Å²) >= 11 is 2.13. The molecule has 2 aromatic carbocycles. The van der Waals surface area contributed by atoms with Crippen LogP contribution in [0.4, 0.5) is 4.79 Å². The number of carbonyl (C=O) groups is 3. The van der Waals surface area contributed by atoms with E-state index >= 15 is 0 Å². The van der Waals surface area contributed by atoms with E-state index in [0.29, 0.717) is 12.4 Å². The topological polar surface area (TPSA) is 95.9 Å². The first-order valence-electron chi connectivity index (χ1n) is 8.59. The second kappa shape index (κ2) is 8.91. The lowest BCUT2D eigenvalue weighted by Crippen LogP contribution is -2.30. The van der Waals surface area contributed by atoms with Gasteiger partial charge < -0.3 is 15.2 Å². The molecule has 1 fully saturated rings. The lowest BCUT2D eigenvalue weighted by atomic mass is 10.1. The van der Waals surface area contributed by atoms with Crippen molar-refractivity contribution in [2.24, 2.45) is 0 Å². The molecule has 2 N–H and O–H groups in total. The molecule has 3 amide bonds. The summed E-state index contributed by atoms with van der Waals surface area (Å²) in [6.45, 7) is 3.99. The van der Waals surface area contributed by atoms with E-state index in [1.807, 2.05) is 6.07 Å². The van der Waals surface area contributed by atoms with Crippen LogP contribution in [0.15, 0.2) is 60.8 Å². The van der Waals surface area contributed by atoms with Crippen molar-refractivity contribution in [1.29, 1.82) is 0 Å². The maximum atomic E-state index is 12.3. The van der Waals surface area contributed by atoms with Crippen molar-refractivity contribution in [3.8, 4) is 5.75 Å². The predicted molar refractivity (Wildman–Crippen MR) is 115 cm³/mol. The number of benzene rings is 2. The van der Waals surface area contributed by atoms with Gasteiger partial charge in [0.05, 0.1) is 9.13 Å². The summed E-state index contributed by atoms with van der Waals surface area (Å²) in [6, 6.07) is 11.4. The molecule has 148 valence electrons. The number of carboxylic acids is 1. The Labute approximate surface area is 180 Å². The van der Waals surface area contributed by atoms with E-state index in [4.69, 9.17) is 9.84 Å². The van der Waals surface area contributed by atoms with Gasteiger partial charge in [0.2, 0.25) is 0 Å². The number of carbonyl (C=O) groups excluding carboxylic acids is 2. The van der Waals surface area contributed by atoms with E-state index in [9.17, 15) is 14.4 Å². The maximum absolute atomic E-state index is 12.3. The van der Waals surface area contributed by atoms with Gasteiger partial charge in [-0.1, -0.05) is 24.3 Å². The molecule has 0 aliphatic carbocycles. The average molecular weight is 504 g/mol. The number of imide groups is 1. The molecular formula is C21H17IN2O5. The number of hydrogen-bond donors (Lipinski definition) is 2. The second-order valence-corrected chi connectivity index (χ2v) is 7.34. The third-order valence-electron chi connectivity index (χ3n) is 4.14. The molecule has 0 bridgehead atoms. The Morgan fingerprint density at radius 3 is 2.55 bits per heavy atom. The number of aromatic carboxylic acids is 1. The number of ether oxygens (including phenoxy) is 1. The van der Waals surface area contributed by atoms with E-state index in [0.717, 1.165) is 19.6 Å². The van der Waals surface area contributed by atoms with Gasteiger partial charge in [0.15, 0.2) is 0 Å². The SMILES string of the molecule is C=CCN1C(=O)N/C(=C/c2ccc(OCc3ccc(C(=O)O)cc3)c(I)c2)C1=O. The zero-order chi connectivity index (χ0) is 21.0. The van der Waals surface area contributed by atoms with Crippen LogP contribution in [0.1, 0.15) is 21.5 Å². The quantitative estimate of drug-likeness (QED) is 0.260. The van der Waals surface area contributed by atoms with Crippen molar-refractivity contribution in [2.75, 3.05) is 6.54 Å². The Morgan fingerprint density at radius 2 is 1.93 bits per heavy atom. The van der Waals surface area contributed by atoms with Crippen LogP contribution < -0.4 is 10.1 Å². The fraction of sp³-hybridized carbons (Fsp3) is 0.0952. The van der Waals surface area contributed by atoms with E-state index in [2.05, 4.69) is 34.5 Å². The van der Waals surface area contributed by atoms with Crippen LogP contribution in [0.25, 0.3) is 6.08 Å². The maximum Gasteiger partial charge on any atom is 0.335 e. The summed E-state index contributed by atoms with van der Waals surface area (Å²) in [5.41, 5.74) is 2.02. The summed E-state index contributed by atoms with van der Waals surface area (Å²) in [4.78, 5) is 36.0. The van der Waals surface area contributed by atoms with Gasteiger partial charge in [-0.25, -0.2) is 9.59 Å². The molecular weight excluding hydrogens is 487 g/mol. The zero-order valence-corrected chi connectivity index (χ0v) is 17.4. The molecule has 0 spiro atoms. The molecule has 29 heavy (non-hydrogen) atoms. The summed E-state index contributed by atoms with van der Waals surface area (Å²) < 4.78 is 6.64. The Bertz CT molecular complexity index is 1010. The first kappa shape index (κ1) is 20.6. The molecule has 1 heterocycles. The number of halogens is 1. The monoisotopic (exact) mass is 504 g/mol. The average Bonchev–Trinajstić information content (AvgIpc) is 2.95. The van der Waals surface area contributed by atoms with Crippen molar-refractivity contribution in [3.63, 3.8) is 0 Å². The molecule has 0 aromatic heterocycles. The van der Waals surface area contributed by atoms with Gasteiger partial charge in [0.1, 0.15) is 18.1 Å². The van der Waals surface area contributed by atoms with Crippen LogP contribution in [-0.2, 0) is 11.4 Å². The minimum atomic E-state index is -0.971. The fourth-order valence-corrected chi connectivity index (χ4v) is 3.36. The standard InChI is InChI=1S/C21H17IN2O5/c1-2-9-24-19(25)17(23-21(24)28)11-14-5-8-18(16(22)10-14)29-12-13-3-6-15(7-4-13)20(26)27/h2-8,10-11H,1,9,12H2,(H,23,28)(H,26,27)/b17-11+. The van der Waals surface area contributed by atoms with Crippen LogP contribution in [0.5, 0.6) is 5.75 Å². The van der Waals surface area contributed by atoms with E-state index in [-0.39, 0.29) is 17.8 Å². The number of urea groups is 1. The number of carboxylic acid groups (broad SMARTS) is 1. The number of amides is 3. The lowest BCUT2D eigenvalue weighted by molar-refractivity contribution is -0.122. The van der Waals surface area contributed by atoms with Crippen LogP contribution in [0.3, 0.4) is 0 Å². The summed E-state index contributed by atoms with van der Waals surface area (Å²) in [5, 5.41) is 11.5. The smallest absolute Gasteiger partial charge is 0.335 e. The Morgan fingerprint density at radius 1 is 1.21 bits per heavy atom. The molecule has 7 nitrogen and oxygen atoms in total. The first-order chi connectivity index (χ1) is 13.9. The number of rotatable bonds is 7. The molecule has 1 aliphatic heterocycles. The summed E-state index contributed by atoms with van der Waals surface area (Å²) in [5.74, 6) is -0.707. The van der Waals surface area contributed by atoms with E-state index < -0.39 is 17.9 Å². The van der Waals surface area contributed by atoms with Gasteiger partial charge >= 0.3 is 12.0 Å². The minimum Gasteiger partial charge on any atom is -0.488 e. The van der Waals surface area contributed by atoms with Gasteiger partial charge in [0, 0.05) is 6.54 Å². The highest BCUT2D eigenvalue weighted by Crippen LogP contribution is 2.25. The molecule has 0 unspecified atom stereocenters. The Kier molecular flexibility index (Phi) is 6.32. The second-order valence-electron chi connectivity index (χ2n) is 6.17. The van der Waals surface area contributed by atoms with Crippen molar-refractivity contribution < 1.29 is 24.2 Å². The highest BCUT2D eigenvalue weighted by atomic mass is 127. The Balaban J connectivity index is 1.69. The normalized spacial score (nSPS) is 14.8. The molecule has 8 heteroatoms. The predicted octanol–water partition coefficient (Wildman–Crippen LogP) is 3.65. The number of nitrogens with zero attached hydrogens (tertiary/aromatic N) is 1. The third kappa shape index (κ3) is 4.83. The number of nitrogens with one attached hydrogen (secondary N) is 1. The molecule has 0 radical (unpaired) electrons. The van der Waals surface area contributed by atoms with Gasteiger partial charge in [-0.2, -0.15) is 0 Å². The fourth-order valence-electron chi connectivity index (χ4n) is 2.66. The minimum absolute atomic E-state index is 0.153. The van der Waals surface area contributed by atoms with Crippen molar-refractivity contribution in [2.45, 2.75) is 6.61 Å². The molecule has 0 saturated carbocycles. The first-order valence-corrected chi connectivity index (χ1v) is 9.67. The van der Waals surface area contributed by atoms with E-state index in [1.165, 1.54) is 18.2 Å². The highest BCUT2D eigenvalue weighted by Gasteiger charge is 2.32. The molecule has 1 aliphatic rings. The Hall–Kier alpha value is -3.14. The highest BCUT2D eigenvalue weighted by molar-refractivity contribution is 14.1. The lowest BCUT2D eigenvalue weighted by Gasteiger charge is -2.09. The number of hydrogen-bond acceptors (Lipinski definition) is 4. The van der Waals surface area contributed by atoms with Gasteiger partial charge in [-0.15, -0.1) is 6.58 Å². The largest absolute Gasteiger partial charge is 0.488 e. The van der Waals surface area contributed by atoms with Crippen LogP contribution in [0, 0.1) is 3.57 Å². The van der Waals surface area contributed by atoms with Gasteiger partial charge in [-0.05, 0) is 64.1 Å². The molecule has 1 saturated heterocycles. The molecule has 0 atom stereocenters. The van der Waals surface area contributed by atoms with Gasteiger partial charge in [0.25, 0.3) is 5.91 Å². The van der Waals surface area contributed by atoms with E-state index in [1.54, 1.807) is 30.3 Å². The van der Waals surface area contributed by atoms with Crippen molar-refractivity contribution >= 4 is 46.6 Å².